The Labute approximate surface area is 149 Å². The predicted octanol–water partition coefficient (Wildman–Crippen LogP) is 2.78. The highest BCUT2D eigenvalue weighted by Gasteiger charge is 2.34. The minimum absolute atomic E-state index is 0.151. The highest BCUT2D eigenvalue weighted by molar-refractivity contribution is 6.32. The average molecular weight is 358 g/mol. The predicted molar refractivity (Wildman–Crippen MR) is 95.4 cm³/mol. The van der Waals surface area contributed by atoms with Crippen LogP contribution in [0.1, 0.15) is 24.6 Å². The first kappa shape index (κ1) is 17.1. The van der Waals surface area contributed by atoms with Crippen molar-refractivity contribution in [3.05, 3.63) is 58.9 Å². The lowest BCUT2D eigenvalue weighted by Crippen LogP contribution is -2.46. The number of anilines is 1. The summed E-state index contributed by atoms with van der Waals surface area (Å²) in [5.74, 6) is -1.43. The quantitative estimate of drug-likeness (QED) is 0.912. The third-order valence-electron chi connectivity index (χ3n) is 4.01. The van der Waals surface area contributed by atoms with Gasteiger partial charge in [0.25, 0.3) is 0 Å². The fourth-order valence-corrected chi connectivity index (χ4v) is 3.05. The van der Waals surface area contributed by atoms with Crippen molar-refractivity contribution in [1.82, 2.24) is 4.98 Å². The third kappa shape index (κ3) is 3.25. The van der Waals surface area contributed by atoms with Crippen molar-refractivity contribution in [2.45, 2.75) is 19.4 Å². The molecule has 6 nitrogen and oxygen atoms in total. The maximum atomic E-state index is 12.6. The summed E-state index contributed by atoms with van der Waals surface area (Å²) in [4.78, 5) is 34.3. The van der Waals surface area contributed by atoms with Crippen LogP contribution < -0.4 is 4.90 Å². The van der Waals surface area contributed by atoms with Gasteiger partial charge >= 0.3 is 5.97 Å². The van der Waals surface area contributed by atoms with Crippen LogP contribution in [0, 0.1) is 0 Å². The monoisotopic (exact) mass is 357 g/mol. The molecule has 2 heterocycles. The van der Waals surface area contributed by atoms with E-state index in [9.17, 15) is 14.7 Å². The van der Waals surface area contributed by atoms with Gasteiger partial charge in [0.1, 0.15) is 12.6 Å². The Balaban J connectivity index is 2.21. The lowest BCUT2D eigenvalue weighted by molar-refractivity contribution is -0.140. The fourth-order valence-electron chi connectivity index (χ4n) is 2.88. The van der Waals surface area contributed by atoms with E-state index in [-0.39, 0.29) is 18.9 Å². The van der Waals surface area contributed by atoms with Gasteiger partial charge in [0.2, 0.25) is 5.91 Å². The van der Waals surface area contributed by atoms with E-state index in [4.69, 9.17) is 11.6 Å². The number of amides is 1. The molecule has 7 heteroatoms. The Hall–Kier alpha value is -2.73. The summed E-state index contributed by atoms with van der Waals surface area (Å²) in [5.41, 5.74) is 2.19. The van der Waals surface area contributed by atoms with E-state index in [0.717, 1.165) is 0 Å². The number of fused-ring (bicyclic) bond motifs is 1. The normalized spacial score (nSPS) is 15.2. The number of carbonyl (C=O) groups is 2. The summed E-state index contributed by atoms with van der Waals surface area (Å²) in [6.45, 7) is 1.58. The van der Waals surface area contributed by atoms with Gasteiger partial charge < -0.3 is 5.11 Å². The summed E-state index contributed by atoms with van der Waals surface area (Å²) in [6, 6.07) is 9.41. The average Bonchev–Trinajstić information content (AvgIpc) is 2.73. The highest BCUT2D eigenvalue weighted by atomic mass is 35.5. The molecule has 1 unspecified atom stereocenters. The number of carboxylic acid groups (broad SMARTS) is 1. The molecule has 1 atom stereocenters. The van der Waals surface area contributed by atoms with Gasteiger partial charge in [-0.15, -0.1) is 0 Å². The molecule has 3 rings (SSSR count). The number of carbonyl (C=O) groups excluding carboxylic acids is 1. The molecule has 1 aliphatic heterocycles. The van der Waals surface area contributed by atoms with Crippen molar-refractivity contribution < 1.29 is 14.7 Å². The van der Waals surface area contributed by atoms with Crippen molar-refractivity contribution in [1.29, 1.82) is 0 Å². The van der Waals surface area contributed by atoms with Crippen LogP contribution in [0.15, 0.2) is 47.6 Å². The van der Waals surface area contributed by atoms with Crippen LogP contribution in [0.25, 0.3) is 0 Å². The van der Waals surface area contributed by atoms with Crippen LogP contribution in [-0.4, -0.2) is 40.3 Å². The molecule has 1 aromatic carbocycles. The van der Waals surface area contributed by atoms with Gasteiger partial charge in [-0.2, -0.15) is 0 Å². The maximum absolute atomic E-state index is 12.6. The number of hydrogen-bond acceptors (Lipinski definition) is 4. The van der Waals surface area contributed by atoms with Gasteiger partial charge in [0.15, 0.2) is 0 Å². The number of aliphatic imine (C=N–C) groups is 1. The van der Waals surface area contributed by atoms with Gasteiger partial charge in [-0.1, -0.05) is 24.6 Å². The van der Waals surface area contributed by atoms with E-state index in [1.165, 1.54) is 4.90 Å². The molecule has 1 amide bonds. The largest absolute Gasteiger partial charge is 0.480 e. The zero-order valence-electron chi connectivity index (χ0n) is 13.5. The summed E-state index contributed by atoms with van der Waals surface area (Å²) in [7, 11) is 0. The molecule has 1 aliphatic rings. The Bertz CT molecular complexity index is 852. The fraction of sp³-hybridized carbons (Fsp3) is 0.222. The molecule has 0 spiro atoms. The van der Waals surface area contributed by atoms with Gasteiger partial charge in [-0.3, -0.25) is 19.7 Å². The van der Waals surface area contributed by atoms with Crippen molar-refractivity contribution >= 4 is 34.9 Å². The molecule has 0 fully saturated rings. The number of benzene rings is 1. The van der Waals surface area contributed by atoms with Gasteiger partial charge in [-0.05, 0) is 36.8 Å². The molecule has 25 heavy (non-hydrogen) atoms. The van der Waals surface area contributed by atoms with Crippen LogP contribution >= 0.6 is 11.6 Å². The highest BCUT2D eigenvalue weighted by Crippen LogP contribution is 2.31. The van der Waals surface area contributed by atoms with E-state index in [1.54, 1.807) is 43.5 Å². The minimum atomic E-state index is -1.06. The molecule has 0 radical (unpaired) electrons. The van der Waals surface area contributed by atoms with Gasteiger partial charge in [0.05, 0.1) is 17.1 Å². The first-order chi connectivity index (χ1) is 12.0. The molecule has 0 bridgehead atoms. The Morgan fingerprint density at radius 2 is 2.16 bits per heavy atom. The number of nitrogens with zero attached hydrogens (tertiary/aromatic N) is 3. The molecular weight excluding hydrogens is 342 g/mol. The molecule has 0 aliphatic carbocycles. The topological polar surface area (TPSA) is 82.9 Å². The first-order valence-corrected chi connectivity index (χ1v) is 8.21. The van der Waals surface area contributed by atoms with Gasteiger partial charge in [-0.25, -0.2) is 4.79 Å². The summed E-state index contributed by atoms with van der Waals surface area (Å²) in [5, 5.41) is 10.0. The third-order valence-corrected chi connectivity index (χ3v) is 4.24. The smallest absolute Gasteiger partial charge is 0.326 e. The van der Waals surface area contributed by atoms with Crippen molar-refractivity contribution in [2.75, 3.05) is 11.4 Å². The molecule has 2 aromatic rings. The zero-order chi connectivity index (χ0) is 18.0. The van der Waals surface area contributed by atoms with E-state index in [0.29, 0.717) is 27.7 Å². The summed E-state index contributed by atoms with van der Waals surface area (Å²) < 4.78 is 0. The number of hydrogen-bond donors (Lipinski definition) is 1. The van der Waals surface area contributed by atoms with Gasteiger partial charge in [0, 0.05) is 16.8 Å². The van der Waals surface area contributed by atoms with Crippen LogP contribution in [0.5, 0.6) is 0 Å². The number of halogens is 1. The molecule has 1 N–H and O–H groups in total. The van der Waals surface area contributed by atoms with E-state index < -0.39 is 12.0 Å². The first-order valence-electron chi connectivity index (χ1n) is 7.83. The van der Waals surface area contributed by atoms with Crippen LogP contribution in [0.2, 0.25) is 5.02 Å². The second-order valence-corrected chi connectivity index (χ2v) is 6.00. The molecule has 0 saturated heterocycles. The summed E-state index contributed by atoms with van der Waals surface area (Å²) >= 11 is 6.15. The van der Waals surface area contributed by atoms with E-state index in [1.807, 2.05) is 6.07 Å². The van der Waals surface area contributed by atoms with Crippen LogP contribution in [-0.2, 0) is 9.59 Å². The maximum Gasteiger partial charge on any atom is 0.326 e. The number of aliphatic carboxylic acids is 1. The molecule has 128 valence electrons. The van der Waals surface area contributed by atoms with E-state index in [2.05, 4.69) is 9.98 Å². The van der Waals surface area contributed by atoms with Crippen molar-refractivity contribution in [3.8, 4) is 0 Å². The zero-order valence-corrected chi connectivity index (χ0v) is 14.3. The van der Waals surface area contributed by atoms with Crippen molar-refractivity contribution in [2.24, 2.45) is 4.99 Å². The number of rotatable bonds is 4. The lowest BCUT2D eigenvalue weighted by Gasteiger charge is -2.28. The summed E-state index contributed by atoms with van der Waals surface area (Å²) in [6.07, 6.45) is 1.92. The minimum Gasteiger partial charge on any atom is -0.480 e. The number of aromatic nitrogens is 1. The number of carboxylic acids is 1. The standard InChI is InChI=1S/C18H16ClN3O3/c1-2-14(18(24)25)22-15-7-6-11(19)9-12(15)17(21-10-16(22)23)13-5-3-4-8-20-13/h3-9,14H,2,10H2,1H3,(H,24,25). The van der Waals surface area contributed by atoms with E-state index >= 15 is 0 Å². The second-order valence-electron chi connectivity index (χ2n) is 5.57. The lowest BCUT2D eigenvalue weighted by atomic mass is 10.0. The SMILES string of the molecule is CCC(C(=O)O)N1C(=O)CN=C(c2ccccn2)c2cc(Cl)ccc21. The number of benzodiazepines with no additional fused rings is 1. The Kier molecular flexibility index (Phi) is 4.81. The molecule has 0 saturated carbocycles. The number of pyridine rings is 1. The molecular formula is C18H16ClN3O3. The second kappa shape index (κ2) is 7.03. The van der Waals surface area contributed by atoms with Crippen molar-refractivity contribution in [3.63, 3.8) is 0 Å². The van der Waals surface area contributed by atoms with Crippen LogP contribution in [0.4, 0.5) is 5.69 Å². The van der Waals surface area contributed by atoms with Crippen LogP contribution in [0.3, 0.4) is 0 Å². The Morgan fingerprint density at radius 3 is 2.80 bits per heavy atom. The molecule has 1 aromatic heterocycles. The Morgan fingerprint density at radius 1 is 1.36 bits per heavy atom.